The summed E-state index contributed by atoms with van der Waals surface area (Å²) in [5.74, 6) is 0.930. The van der Waals surface area contributed by atoms with Crippen molar-refractivity contribution in [1.82, 2.24) is 4.98 Å². The van der Waals surface area contributed by atoms with E-state index in [4.69, 9.17) is 0 Å². The van der Waals surface area contributed by atoms with Gasteiger partial charge in [0.1, 0.15) is 16.8 Å². The number of amidine groups is 1. The van der Waals surface area contributed by atoms with E-state index < -0.39 is 10.0 Å². The van der Waals surface area contributed by atoms with Gasteiger partial charge in [-0.15, -0.1) is 0 Å². The number of aromatic nitrogens is 1. The van der Waals surface area contributed by atoms with Crippen LogP contribution >= 0.6 is 0 Å². The normalized spacial score (nSPS) is 14.7. The molecule has 0 amide bonds. The predicted molar refractivity (Wildman–Crippen MR) is 105 cm³/mol. The lowest BCUT2D eigenvalue weighted by Crippen LogP contribution is -2.33. The molecule has 0 saturated heterocycles. The van der Waals surface area contributed by atoms with Crippen LogP contribution in [0.4, 0.5) is 11.5 Å². The zero-order chi connectivity index (χ0) is 19.3. The number of aliphatic imine (C=N–C) groups is 1. The molecule has 1 N–H and O–H groups in total. The fraction of sp³-hybridized carbons (Fsp3) is 0.0500. The molecule has 2 aliphatic heterocycles. The van der Waals surface area contributed by atoms with Crippen molar-refractivity contribution in [3.05, 3.63) is 76.9 Å². The fourth-order valence-electron chi connectivity index (χ4n) is 3.29. The molecular weight excluding hydrogens is 376 g/mol. The molecule has 0 unspecified atom stereocenters. The van der Waals surface area contributed by atoms with Gasteiger partial charge in [-0.1, -0.05) is 36.4 Å². The van der Waals surface area contributed by atoms with Crippen molar-refractivity contribution in [3.63, 3.8) is 0 Å². The molecule has 0 atom stereocenters. The lowest BCUT2D eigenvalue weighted by Gasteiger charge is -2.18. The maximum Gasteiger partial charge on any atom is 0.265 e. The molecule has 7 nitrogen and oxygen atoms in total. The second kappa shape index (κ2) is 6.00. The van der Waals surface area contributed by atoms with E-state index in [1.54, 1.807) is 60.7 Å². The summed E-state index contributed by atoms with van der Waals surface area (Å²) in [7, 11) is -3.71. The van der Waals surface area contributed by atoms with Crippen molar-refractivity contribution in [2.45, 2.75) is 4.90 Å². The number of rotatable bonds is 3. The molecule has 3 aromatic rings. The average Bonchev–Trinajstić information content (AvgIpc) is 3.33. The van der Waals surface area contributed by atoms with Gasteiger partial charge in [0.25, 0.3) is 10.0 Å². The zero-order valence-corrected chi connectivity index (χ0v) is 15.3. The van der Waals surface area contributed by atoms with Gasteiger partial charge in [-0.25, -0.2) is 27.7 Å². The molecule has 0 saturated carbocycles. The van der Waals surface area contributed by atoms with E-state index in [1.807, 2.05) is 0 Å². The molecule has 8 heteroatoms. The minimum Gasteiger partial charge on any atom is -0.508 e. The number of hydrogen-bond donors (Lipinski definition) is 1. The highest BCUT2D eigenvalue weighted by Gasteiger charge is 2.30. The van der Waals surface area contributed by atoms with E-state index in [2.05, 4.69) is 15.0 Å². The second-order valence-electron chi connectivity index (χ2n) is 6.38. The number of sulfonamides is 1. The van der Waals surface area contributed by atoms with Gasteiger partial charge in [-0.2, -0.15) is 0 Å². The number of pyridine rings is 1. The Morgan fingerprint density at radius 1 is 1.00 bits per heavy atom. The van der Waals surface area contributed by atoms with E-state index in [0.29, 0.717) is 33.5 Å². The fourth-order valence-corrected chi connectivity index (χ4v) is 4.69. The van der Waals surface area contributed by atoms with Gasteiger partial charge in [-0.3, -0.25) is 0 Å². The third kappa shape index (κ3) is 2.49. The van der Waals surface area contributed by atoms with Gasteiger partial charge in [0.15, 0.2) is 11.7 Å². The van der Waals surface area contributed by atoms with Crippen LogP contribution in [0.5, 0.6) is 5.75 Å². The summed E-state index contributed by atoms with van der Waals surface area (Å²) in [5.41, 5.74) is 1.25. The monoisotopic (exact) mass is 390 g/mol. The number of phenolic OH excluding ortho intramolecular Hbond substituents is 1. The standard InChI is InChI=1S/C20H14N4O3S/c25-14-6-4-5-13(11-14)19-22-17-12-21-20-16(18(17)23-19)9-10-24(20)28(26,27)15-7-2-1-3-8-15/h1-9,11-12,25H,10H2. The summed E-state index contributed by atoms with van der Waals surface area (Å²) in [4.78, 5) is 13.6. The molecular formula is C20H14N4O3S. The number of phenols is 1. The number of nitrogens with zero attached hydrogens (tertiary/aromatic N) is 4. The molecule has 1 aromatic heterocycles. The van der Waals surface area contributed by atoms with Gasteiger partial charge in [0.05, 0.1) is 17.6 Å². The third-order valence-corrected chi connectivity index (χ3v) is 6.40. The van der Waals surface area contributed by atoms with Crippen molar-refractivity contribution in [2.24, 2.45) is 9.98 Å². The van der Waals surface area contributed by atoms with Crippen LogP contribution in [0.2, 0.25) is 0 Å². The van der Waals surface area contributed by atoms with Crippen LogP contribution in [0.25, 0.3) is 6.08 Å². The molecule has 0 aliphatic carbocycles. The zero-order valence-electron chi connectivity index (χ0n) is 14.5. The number of hydrogen-bond acceptors (Lipinski definition) is 6. The number of anilines is 1. The number of aromatic hydroxyl groups is 1. The highest BCUT2D eigenvalue weighted by atomic mass is 32.2. The Bertz CT molecular complexity index is 1370. The second-order valence-corrected chi connectivity index (χ2v) is 8.24. The first-order valence-corrected chi connectivity index (χ1v) is 10.0. The van der Waals surface area contributed by atoms with Crippen LogP contribution in [-0.4, -0.2) is 30.9 Å². The van der Waals surface area contributed by atoms with Gasteiger partial charge in [0, 0.05) is 10.8 Å². The molecule has 0 spiro atoms. The smallest absolute Gasteiger partial charge is 0.265 e. The highest BCUT2D eigenvalue weighted by molar-refractivity contribution is 7.92. The van der Waals surface area contributed by atoms with E-state index in [1.165, 1.54) is 10.5 Å². The summed E-state index contributed by atoms with van der Waals surface area (Å²) < 4.78 is 27.3. The molecule has 138 valence electrons. The van der Waals surface area contributed by atoms with Crippen molar-refractivity contribution in [2.75, 3.05) is 10.8 Å². The first kappa shape index (κ1) is 16.6. The molecule has 5 rings (SSSR count). The van der Waals surface area contributed by atoms with E-state index >= 15 is 0 Å². The Labute approximate surface area is 160 Å². The summed E-state index contributed by atoms with van der Waals surface area (Å²) in [6.07, 6.45) is 3.33. The SMILES string of the molecule is O=S(=O)(c1ccccc1)N1CC=c2c1ncc1c2=NC(c2cccc(O)c2)=N1. The van der Waals surface area contributed by atoms with Crippen LogP contribution in [-0.2, 0) is 10.0 Å². The quantitative estimate of drug-likeness (QED) is 0.733. The Morgan fingerprint density at radius 2 is 1.82 bits per heavy atom. The minimum absolute atomic E-state index is 0.126. The summed E-state index contributed by atoms with van der Waals surface area (Å²) in [6, 6.07) is 15.0. The first-order chi connectivity index (χ1) is 13.5. The summed E-state index contributed by atoms with van der Waals surface area (Å²) in [6.45, 7) is 0.187. The van der Waals surface area contributed by atoms with Crippen LogP contribution in [0.1, 0.15) is 5.56 Å². The predicted octanol–water partition coefficient (Wildman–Crippen LogP) is 1.49. The third-order valence-electron chi connectivity index (χ3n) is 4.62. The number of benzene rings is 2. The van der Waals surface area contributed by atoms with Crippen LogP contribution in [0.3, 0.4) is 0 Å². The Morgan fingerprint density at radius 3 is 2.61 bits per heavy atom. The maximum absolute atomic E-state index is 13.0. The maximum atomic E-state index is 13.0. The lowest BCUT2D eigenvalue weighted by molar-refractivity contribution is 0.475. The molecule has 3 heterocycles. The highest BCUT2D eigenvalue weighted by Crippen LogP contribution is 2.24. The topological polar surface area (TPSA) is 95.2 Å². The lowest BCUT2D eigenvalue weighted by atomic mass is 10.2. The molecule has 0 radical (unpaired) electrons. The van der Waals surface area contributed by atoms with E-state index in [0.717, 1.165) is 0 Å². The Hall–Kier alpha value is -3.52. The Kier molecular flexibility index (Phi) is 3.56. The molecule has 0 fully saturated rings. The minimum atomic E-state index is -3.71. The largest absolute Gasteiger partial charge is 0.508 e. The number of fused-ring (bicyclic) bond motifs is 3. The molecule has 2 aliphatic rings. The van der Waals surface area contributed by atoms with Crippen LogP contribution in [0, 0.1) is 0 Å². The van der Waals surface area contributed by atoms with Gasteiger partial charge >= 0.3 is 0 Å². The van der Waals surface area contributed by atoms with Gasteiger partial charge < -0.3 is 5.11 Å². The van der Waals surface area contributed by atoms with E-state index in [-0.39, 0.29) is 17.2 Å². The van der Waals surface area contributed by atoms with Gasteiger partial charge in [0.2, 0.25) is 0 Å². The van der Waals surface area contributed by atoms with Crippen molar-refractivity contribution >= 4 is 33.4 Å². The molecule has 28 heavy (non-hydrogen) atoms. The summed E-state index contributed by atoms with van der Waals surface area (Å²) in [5, 5.41) is 10.9. The van der Waals surface area contributed by atoms with Gasteiger partial charge in [-0.05, 0) is 24.3 Å². The average molecular weight is 390 g/mol. The molecule has 0 bridgehead atoms. The van der Waals surface area contributed by atoms with Crippen molar-refractivity contribution < 1.29 is 13.5 Å². The van der Waals surface area contributed by atoms with E-state index in [9.17, 15) is 13.5 Å². The summed E-state index contributed by atoms with van der Waals surface area (Å²) >= 11 is 0. The molecule has 2 aromatic carbocycles. The van der Waals surface area contributed by atoms with Crippen molar-refractivity contribution in [1.29, 1.82) is 0 Å². The first-order valence-electron chi connectivity index (χ1n) is 8.58. The Balaban J connectivity index is 1.60. The van der Waals surface area contributed by atoms with Crippen molar-refractivity contribution in [3.8, 4) is 5.75 Å². The van der Waals surface area contributed by atoms with Crippen LogP contribution < -0.4 is 14.9 Å². The van der Waals surface area contributed by atoms with Crippen LogP contribution in [0.15, 0.2) is 75.7 Å².